The van der Waals surface area contributed by atoms with Crippen LogP contribution in [0.2, 0.25) is 0 Å². The summed E-state index contributed by atoms with van der Waals surface area (Å²) >= 11 is 0. The molecule has 3 aromatic carbocycles. The van der Waals surface area contributed by atoms with Crippen molar-refractivity contribution < 1.29 is 23.8 Å². The first-order valence-corrected chi connectivity index (χ1v) is 13.4. The quantitative estimate of drug-likeness (QED) is 0.311. The number of nitrogens with zero attached hydrogens (tertiary/aromatic N) is 1. The highest BCUT2D eigenvalue weighted by atomic mass is 19.1. The van der Waals surface area contributed by atoms with Gasteiger partial charge in [-0.2, -0.15) is 0 Å². The summed E-state index contributed by atoms with van der Waals surface area (Å²) in [6.07, 6.45) is 0.675. The molecule has 7 nitrogen and oxygen atoms in total. The zero-order chi connectivity index (χ0) is 30.3. The lowest BCUT2D eigenvalue weighted by Gasteiger charge is -2.13. The Kier molecular flexibility index (Phi) is 20.0. The molecule has 1 atom stereocenters. The maximum atomic E-state index is 11.9. The summed E-state index contributed by atoms with van der Waals surface area (Å²) in [6.45, 7) is 9.83. The van der Waals surface area contributed by atoms with Crippen molar-refractivity contribution in [1.82, 2.24) is 10.6 Å². The average Bonchev–Trinajstić information content (AvgIpc) is 3.37. The number of ether oxygens (including phenoxy) is 1. The van der Waals surface area contributed by atoms with Gasteiger partial charge in [-0.1, -0.05) is 80.6 Å². The zero-order valence-electron chi connectivity index (χ0n) is 24.9. The van der Waals surface area contributed by atoms with E-state index in [0.717, 1.165) is 37.9 Å². The summed E-state index contributed by atoms with van der Waals surface area (Å²) in [4.78, 5) is 23.2. The van der Waals surface area contributed by atoms with E-state index in [1.165, 1.54) is 23.6 Å². The van der Waals surface area contributed by atoms with Crippen LogP contribution in [0.5, 0.6) is 0 Å². The summed E-state index contributed by atoms with van der Waals surface area (Å²) in [5.41, 5.74) is 5.82. The lowest BCUT2D eigenvalue weighted by Crippen LogP contribution is -2.23. The van der Waals surface area contributed by atoms with Gasteiger partial charge < -0.3 is 20.5 Å². The number of nitrogens with one attached hydrogen (secondary N) is 2. The minimum atomic E-state index is -0.268. The molecule has 1 heterocycles. The first kappa shape index (κ1) is 36.2. The Morgan fingerprint density at radius 3 is 1.88 bits per heavy atom. The van der Waals surface area contributed by atoms with E-state index in [1.807, 2.05) is 39.0 Å². The maximum absolute atomic E-state index is 11.9. The number of aliphatic hydroxyl groups is 1. The number of carbonyl (C=O) groups excluding carboxylic acids is 2. The molecule has 3 aromatic rings. The molecule has 220 valence electrons. The third-order valence-corrected chi connectivity index (χ3v) is 5.54. The Morgan fingerprint density at radius 1 is 0.925 bits per heavy atom. The minimum absolute atomic E-state index is 0.00463. The molecule has 1 unspecified atom stereocenters. The lowest BCUT2D eigenvalue weighted by atomic mass is 10.0. The second-order valence-corrected chi connectivity index (χ2v) is 8.27. The SMILES string of the molecule is CC.CC1CN(c2ccc(-c3ccc(CCNCc4ccccc4)cc3)cc2)C(=O)O1.CF.CNC(C)=O.CO. The van der Waals surface area contributed by atoms with Gasteiger partial charge >= 0.3 is 6.09 Å². The summed E-state index contributed by atoms with van der Waals surface area (Å²) in [5.74, 6) is 0.00463. The number of aliphatic hydroxyl groups excluding tert-OH is 1. The lowest BCUT2D eigenvalue weighted by molar-refractivity contribution is -0.118. The number of carbonyl (C=O) groups is 2. The summed E-state index contributed by atoms with van der Waals surface area (Å²) in [5, 5.41) is 12.9. The Balaban J connectivity index is 0.00000121. The van der Waals surface area contributed by atoms with Crippen LogP contribution in [0.3, 0.4) is 0 Å². The summed E-state index contributed by atoms with van der Waals surface area (Å²) in [7, 11) is 3.10. The summed E-state index contributed by atoms with van der Waals surface area (Å²) < 4.78 is 14.7. The van der Waals surface area contributed by atoms with Gasteiger partial charge in [-0.05, 0) is 54.3 Å². The van der Waals surface area contributed by atoms with Crippen LogP contribution < -0.4 is 15.5 Å². The van der Waals surface area contributed by atoms with Crippen molar-refractivity contribution in [3.63, 3.8) is 0 Å². The molecule has 4 rings (SSSR count). The highest BCUT2D eigenvalue weighted by Crippen LogP contribution is 2.26. The van der Waals surface area contributed by atoms with Crippen molar-refractivity contribution in [3.05, 3.63) is 90.0 Å². The molecule has 1 aliphatic rings. The second-order valence-electron chi connectivity index (χ2n) is 8.27. The van der Waals surface area contributed by atoms with Gasteiger partial charge in [0.1, 0.15) is 6.10 Å². The predicted octanol–water partition coefficient (Wildman–Crippen LogP) is 6.00. The van der Waals surface area contributed by atoms with Crippen molar-refractivity contribution in [1.29, 1.82) is 0 Å². The van der Waals surface area contributed by atoms with Crippen LogP contribution in [-0.2, 0) is 22.5 Å². The third kappa shape index (κ3) is 13.4. The smallest absolute Gasteiger partial charge is 0.414 e. The molecule has 0 bridgehead atoms. The van der Waals surface area contributed by atoms with Crippen molar-refractivity contribution >= 4 is 17.7 Å². The Hall–Kier alpha value is -3.75. The van der Waals surface area contributed by atoms with Gasteiger partial charge in [-0.15, -0.1) is 0 Å². The van der Waals surface area contributed by atoms with Crippen molar-refractivity contribution in [2.75, 3.05) is 39.3 Å². The third-order valence-electron chi connectivity index (χ3n) is 5.54. The van der Waals surface area contributed by atoms with Crippen molar-refractivity contribution in [3.8, 4) is 11.1 Å². The summed E-state index contributed by atoms with van der Waals surface area (Å²) in [6, 6.07) is 27.2. The molecule has 0 spiro atoms. The molecule has 0 saturated carbocycles. The number of halogens is 1. The van der Waals surface area contributed by atoms with Gasteiger partial charge in [0, 0.05) is 33.3 Å². The van der Waals surface area contributed by atoms with E-state index in [9.17, 15) is 14.0 Å². The van der Waals surface area contributed by atoms with Gasteiger partial charge in [0.05, 0.1) is 13.7 Å². The molecule has 1 aliphatic heterocycles. The molecule has 2 amide bonds. The number of amides is 2. The highest BCUT2D eigenvalue weighted by molar-refractivity contribution is 5.90. The van der Waals surface area contributed by atoms with Gasteiger partial charge in [-0.25, -0.2) is 4.79 Å². The first-order valence-electron chi connectivity index (χ1n) is 13.4. The fraction of sp³-hybridized carbons (Fsp3) is 0.375. The van der Waals surface area contributed by atoms with Gasteiger partial charge in [0.2, 0.25) is 5.91 Å². The standard InChI is InChI=1S/C25H26N2O2.C3H7NO.C2H6.CH3F.CH4O/c1-19-18-27(25(28)29-19)24-13-11-23(12-14-24)22-9-7-20(8-10-22)15-16-26-17-21-5-3-2-4-6-21;1-3(5)4-2;3*1-2/h2-14,19,26H,15-18H2,1H3;1-2H3,(H,4,5);1-2H3;1H3;2H,1H3. The fourth-order valence-corrected chi connectivity index (χ4v) is 3.57. The van der Waals surface area contributed by atoms with Crippen molar-refractivity contribution in [2.45, 2.75) is 46.8 Å². The van der Waals surface area contributed by atoms with Crippen LogP contribution in [0.25, 0.3) is 11.1 Å². The molecule has 0 radical (unpaired) electrons. The number of alkyl halides is 1. The van der Waals surface area contributed by atoms with E-state index in [0.29, 0.717) is 13.7 Å². The number of anilines is 1. The van der Waals surface area contributed by atoms with Gasteiger partial charge in [0.15, 0.2) is 0 Å². The number of hydrogen-bond acceptors (Lipinski definition) is 5. The number of rotatable bonds is 7. The van der Waals surface area contributed by atoms with E-state index in [-0.39, 0.29) is 18.1 Å². The zero-order valence-corrected chi connectivity index (χ0v) is 24.9. The Labute approximate surface area is 239 Å². The average molecular weight is 556 g/mol. The van der Waals surface area contributed by atoms with Crippen LogP contribution in [0.15, 0.2) is 78.9 Å². The molecule has 40 heavy (non-hydrogen) atoms. The maximum Gasteiger partial charge on any atom is 0.414 e. The fourth-order valence-electron chi connectivity index (χ4n) is 3.57. The first-order chi connectivity index (χ1) is 19.5. The Morgan fingerprint density at radius 2 is 1.43 bits per heavy atom. The van der Waals surface area contributed by atoms with Crippen LogP contribution in [0.1, 0.15) is 38.8 Å². The van der Waals surface area contributed by atoms with Crippen LogP contribution in [0.4, 0.5) is 14.9 Å². The molecular formula is C32H46FN3O4. The molecular weight excluding hydrogens is 509 g/mol. The molecule has 0 aromatic heterocycles. The Bertz CT molecular complexity index is 1060. The molecule has 8 heteroatoms. The van der Waals surface area contributed by atoms with Crippen molar-refractivity contribution in [2.24, 2.45) is 0 Å². The largest absolute Gasteiger partial charge is 0.444 e. The van der Waals surface area contributed by atoms with Gasteiger partial charge in [-0.3, -0.25) is 14.1 Å². The van der Waals surface area contributed by atoms with E-state index < -0.39 is 0 Å². The number of benzene rings is 3. The molecule has 1 fully saturated rings. The van der Waals surface area contributed by atoms with E-state index in [2.05, 4.69) is 71.3 Å². The molecule has 0 aliphatic carbocycles. The van der Waals surface area contributed by atoms with E-state index >= 15 is 0 Å². The monoisotopic (exact) mass is 555 g/mol. The van der Waals surface area contributed by atoms with E-state index in [1.54, 1.807) is 11.9 Å². The topological polar surface area (TPSA) is 90.9 Å². The predicted molar refractivity (Wildman–Crippen MR) is 163 cm³/mol. The highest BCUT2D eigenvalue weighted by Gasteiger charge is 2.29. The molecule has 1 saturated heterocycles. The minimum Gasteiger partial charge on any atom is -0.444 e. The number of hydrogen-bond donors (Lipinski definition) is 3. The molecule has 3 N–H and O–H groups in total. The number of cyclic esters (lactones) is 1. The van der Waals surface area contributed by atoms with Crippen LogP contribution >= 0.6 is 0 Å². The van der Waals surface area contributed by atoms with E-state index in [4.69, 9.17) is 9.84 Å². The van der Waals surface area contributed by atoms with Crippen LogP contribution in [-0.4, -0.2) is 57.6 Å². The van der Waals surface area contributed by atoms with Crippen LogP contribution in [0, 0.1) is 0 Å². The van der Waals surface area contributed by atoms with Gasteiger partial charge in [0.25, 0.3) is 0 Å². The second kappa shape index (κ2) is 22.1. The normalized spacial score (nSPS) is 13.0.